The fraction of sp³-hybridized carbons (Fsp3) is 0.176. The second kappa shape index (κ2) is 7.58. The standard InChI is InChI=1S/C17H19N3O4/c18-16(19)12-1-3-14(4-2-12)20-15(17(23)24)13-6-10(8-21)5-11(7-13)9-22/h1-7,15,20-22H,8-9H2,(H3,18,19)(H,23,24). The van der Waals surface area contributed by atoms with E-state index >= 15 is 0 Å². The van der Waals surface area contributed by atoms with Gasteiger partial charge in [-0.15, -0.1) is 0 Å². The summed E-state index contributed by atoms with van der Waals surface area (Å²) >= 11 is 0. The molecule has 24 heavy (non-hydrogen) atoms. The highest BCUT2D eigenvalue weighted by Gasteiger charge is 2.21. The van der Waals surface area contributed by atoms with Gasteiger partial charge >= 0.3 is 5.97 Å². The van der Waals surface area contributed by atoms with Crippen LogP contribution in [0.3, 0.4) is 0 Å². The topological polar surface area (TPSA) is 140 Å². The van der Waals surface area contributed by atoms with Crippen molar-refractivity contribution in [1.29, 1.82) is 5.41 Å². The number of carboxylic acid groups (broad SMARTS) is 1. The third kappa shape index (κ3) is 4.09. The Morgan fingerprint density at radius 3 is 2.04 bits per heavy atom. The molecule has 0 aliphatic carbocycles. The maximum Gasteiger partial charge on any atom is 0.330 e. The molecule has 0 aliphatic rings. The van der Waals surface area contributed by atoms with Gasteiger partial charge in [-0.2, -0.15) is 0 Å². The Morgan fingerprint density at radius 1 is 1.08 bits per heavy atom. The van der Waals surface area contributed by atoms with Crippen molar-refractivity contribution in [1.82, 2.24) is 0 Å². The number of aliphatic carboxylic acids is 1. The van der Waals surface area contributed by atoms with Crippen LogP contribution in [0.1, 0.15) is 28.3 Å². The number of amidine groups is 1. The van der Waals surface area contributed by atoms with Crippen molar-refractivity contribution in [2.45, 2.75) is 19.3 Å². The number of aliphatic hydroxyl groups excluding tert-OH is 2. The number of nitrogens with one attached hydrogen (secondary N) is 2. The van der Waals surface area contributed by atoms with Crippen molar-refractivity contribution in [3.8, 4) is 0 Å². The van der Waals surface area contributed by atoms with Gasteiger partial charge in [-0.3, -0.25) is 5.41 Å². The van der Waals surface area contributed by atoms with Gasteiger partial charge in [0.05, 0.1) is 13.2 Å². The number of nitrogens with two attached hydrogens (primary N) is 1. The van der Waals surface area contributed by atoms with Crippen LogP contribution in [0.2, 0.25) is 0 Å². The molecule has 2 rings (SSSR count). The summed E-state index contributed by atoms with van der Waals surface area (Å²) in [4.78, 5) is 11.6. The lowest BCUT2D eigenvalue weighted by atomic mass is 10.00. The molecule has 0 radical (unpaired) electrons. The summed E-state index contributed by atoms with van der Waals surface area (Å²) < 4.78 is 0. The van der Waals surface area contributed by atoms with E-state index in [1.807, 2.05) is 0 Å². The van der Waals surface area contributed by atoms with Crippen LogP contribution in [-0.2, 0) is 18.0 Å². The molecular weight excluding hydrogens is 310 g/mol. The largest absolute Gasteiger partial charge is 0.479 e. The summed E-state index contributed by atoms with van der Waals surface area (Å²) in [7, 11) is 0. The Hall–Kier alpha value is -2.90. The molecule has 2 aromatic rings. The number of carbonyl (C=O) groups is 1. The monoisotopic (exact) mass is 329 g/mol. The summed E-state index contributed by atoms with van der Waals surface area (Å²) in [6.45, 7) is -0.499. The summed E-state index contributed by atoms with van der Waals surface area (Å²) in [5.41, 5.74) is 7.95. The molecule has 126 valence electrons. The van der Waals surface area contributed by atoms with Gasteiger partial charge in [0.15, 0.2) is 6.04 Å². The van der Waals surface area contributed by atoms with Gasteiger partial charge in [0.25, 0.3) is 0 Å². The van der Waals surface area contributed by atoms with Crippen LogP contribution in [-0.4, -0.2) is 27.1 Å². The van der Waals surface area contributed by atoms with E-state index in [-0.39, 0.29) is 19.0 Å². The van der Waals surface area contributed by atoms with Gasteiger partial charge < -0.3 is 26.4 Å². The maximum absolute atomic E-state index is 11.6. The molecule has 7 N–H and O–H groups in total. The SMILES string of the molecule is N=C(N)c1ccc(NC(C(=O)O)c2cc(CO)cc(CO)c2)cc1. The predicted molar refractivity (Wildman–Crippen MR) is 89.7 cm³/mol. The van der Waals surface area contributed by atoms with E-state index in [9.17, 15) is 20.1 Å². The lowest BCUT2D eigenvalue weighted by molar-refractivity contribution is -0.138. The number of hydrogen-bond acceptors (Lipinski definition) is 5. The molecule has 0 aromatic heterocycles. The Morgan fingerprint density at radius 2 is 1.62 bits per heavy atom. The molecule has 0 heterocycles. The van der Waals surface area contributed by atoms with E-state index in [4.69, 9.17) is 11.1 Å². The first-order valence-electron chi connectivity index (χ1n) is 7.23. The fourth-order valence-corrected chi connectivity index (χ4v) is 2.34. The van der Waals surface area contributed by atoms with Crippen LogP contribution in [0, 0.1) is 5.41 Å². The van der Waals surface area contributed by atoms with Gasteiger partial charge in [0.1, 0.15) is 5.84 Å². The van der Waals surface area contributed by atoms with Crippen LogP contribution in [0.5, 0.6) is 0 Å². The lowest BCUT2D eigenvalue weighted by Crippen LogP contribution is -2.21. The summed E-state index contributed by atoms with van der Waals surface area (Å²) in [5.74, 6) is -1.16. The van der Waals surface area contributed by atoms with Crippen molar-refractivity contribution in [2.24, 2.45) is 5.73 Å². The molecule has 1 atom stereocenters. The van der Waals surface area contributed by atoms with Gasteiger partial charge in [0.2, 0.25) is 0 Å². The van der Waals surface area contributed by atoms with E-state index in [0.717, 1.165) is 0 Å². The first kappa shape index (κ1) is 17.5. The first-order chi connectivity index (χ1) is 11.4. The molecule has 0 aliphatic heterocycles. The normalized spacial score (nSPS) is 11.8. The van der Waals surface area contributed by atoms with Gasteiger partial charge in [-0.1, -0.05) is 18.2 Å². The molecule has 0 saturated carbocycles. The van der Waals surface area contributed by atoms with Crippen molar-refractivity contribution >= 4 is 17.5 Å². The lowest BCUT2D eigenvalue weighted by Gasteiger charge is -2.18. The smallest absolute Gasteiger partial charge is 0.330 e. The quantitative estimate of drug-likeness (QED) is 0.333. The zero-order valence-electron chi connectivity index (χ0n) is 12.9. The third-order valence-electron chi connectivity index (χ3n) is 3.53. The number of nitrogen functional groups attached to an aromatic ring is 1. The second-order valence-electron chi connectivity index (χ2n) is 5.31. The minimum absolute atomic E-state index is 0.0698. The highest BCUT2D eigenvalue weighted by molar-refractivity contribution is 5.95. The van der Waals surface area contributed by atoms with E-state index in [1.54, 1.807) is 42.5 Å². The van der Waals surface area contributed by atoms with Gasteiger partial charge in [-0.05, 0) is 41.0 Å². The van der Waals surface area contributed by atoms with E-state index in [1.165, 1.54) is 0 Å². The van der Waals surface area contributed by atoms with E-state index < -0.39 is 12.0 Å². The van der Waals surface area contributed by atoms with Crippen molar-refractivity contribution in [2.75, 3.05) is 5.32 Å². The first-order valence-corrected chi connectivity index (χ1v) is 7.23. The average Bonchev–Trinajstić information content (AvgIpc) is 2.59. The highest BCUT2D eigenvalue weighted by Crippen LogP contribution is 2.23. The van der Waals surface area contributed by atoms with Crippen molar-refractivity contribution in [3.05, 3.63) is 64.7 Å². The molecule has 0 spiro atoms. The zero-order chi connectivity index (χ0) is 17.7. The minimum Gasteiger partial charge on any atom is -0.479 e. The number of anilines is 1. The molecule has 0 saturated heterocycles. The van der Waals surface area contributed by atoms with Crippen molar-refractivity contribution < 1.29 is 20.1 Å². The Balaban J connectivity index is 2.32. The van der Waals surface area contributed by atoms with Crippen LogP contribution in [0.15, 0.2) is 42.5 Å². The minimum atomic E-state index is -1.09. The third-order valence-corrected chi connectivity index (χ3v) is 3.53. The molecule has 0 amide bonds. The zero-order valence-corrected chi connectivity index (χ0v) is 12.9. The summed E-state index contributed by atoms with van der Waals surface area (Å²) in [5, 5.41) is 38.3. The van der Waals surface area contributed by atoms with E-state index in [0.29, 0.717) is 27.9 Å². The molecule has 2 aromatic carbocycles. The second-order valence-corrected chi connectivity index (χ2v) is 5.31. The number of aliphatic hydroxyl groups is 2. The summed E-state index contributed by atoms with van der Waals surface area (Å²) in [6.07, 6.45) is 0. The number of rotatable bonds is 7. The number of benzene rings is 2. The molecule has 0 fully saturated rings. The molecule has 7 heteroatoms. The van der Waals surface area contributed by atoms with Crippen LogP contribution in [0.25, 0.3) is 0 Å². The Kier molecular flexibility index (Phi) is 5.51. The van der Waals surface area contributed by atoms with E-state index in [2.05, 4.69) is 5.32 Å². The highest BCUT2D eigenvalue weighted by atomic mass is 16.4. The van der Waals surface area contributed by atoms with Gasteiger partial charge in [0, 0.05) is 11.3 Å². The van der Waals surface area contributed by atoms with Crippen LogP contribution in [0.4, 0.5) is 5.69 Å². The maximum atomic E-state index is 11.6. The number of hydrogen-bond donors (Lipinski definition) is 6. The molecule has 7 nitrogen and oxygen atoms in total. The Bertz CT molecular complexity index is 722. The average molecular weight is 329 g/mol. The molecule has 0 bridgehead atoms. The Labute approximate surface area is 138 Å². The van der Waals surface area contributed by atoms with Gasteiger partial charge in [-0.25, -0.2) is 4.79 Å². The van der Waals surface area contributed by atoms with Crippen LogP contribution < -0.4 is 11.1 Å². The fourth-order valence-electron chi connectivity index (χ4n) is 2.34. The van der Waals surface area contributed by atoms with Crippen molar-refractivity contribution in [3.63, 3.8) is 0 Å². The number of carboxylic acids is 1. The van der Waals surface area contributed by atoms with Crippen LogP contribution >= 0.6 is 0 Å². The molecular formula is C17H19N3O4. The molecule has 1 unspecified atom stereocenters. The summed E-state index contributed by atoms with van der Waals surface area (Å²) in [6, 6.07) is 10.2. The predicted octanol–water partition coefficient (Wildman–Crippen LogP) is 1.19.